The number of halogens is 1. The van der Waals surface area contributed by atoms with Gasteiger partial charge in [-0.15, -0.1) is 0 Å². The molecule has 0 bridgehead atoms. The SMILES string of the molecule is O=C(O)c1ccc(I)c(Oc2cccc([N+](=O)[O-])c2)c1. The first-order valence-electron chi connectivity index (χ1n) is 5.42. The van der Waals surface area contributed by atoms with E-state index in [4.69, 9.17) is 9.84 Å². The van der Waals surface area contributed by atoms with Crippen LogP contribution in [0, 0.1) is 13.7 Å². The Bertz CT molecular complexity index is 686. The average molecular weight is 385 g/mol. The Morgan fingerprint density at radius 3 is 2.65 bits per heavy atom. The van der Waals surface area contributed by atoms with E-state index in [1.807, 2.05) is 22.6 Å². The van der Waals surface area contributed by atoms with Crippen LogP contribution in [0.1, 0.15) is 10.4 Å². The number of rotatable bonds is 4. The van der Waals surface area contributed by atoms with E-state index < -0.39 is 10.9 Å². The number of carboxylic acid groups (broad SMARTS) is 1. The molecular formula is C13H8INO5. The number of nitrogens with zero attached hydrogens (tertiary/aromatic N) is 1. The number of carbonyl (C=O) groups is 1. The standard InChI is InChI=1S/C13H8INO5/c14-11-5-4-8(13(16)17)6-12(11)20-10-3-1-2-9(7-10)15(18)19/h1-7H,(H,16,17). The molecule has 0 atom stereocenters. The van der Waals surface area contributed by atoms with E-state index in [1.165, 1.54) is 30.3 Å². The van der Waals surface area contributed by atoms with Crippen molar-refractivity contribution in [2.24, 2.45) is 0 Å². The van der Waals surface area contributed by atoms with Crippen molar-refractivity contribution in [3.63, 3.8) is 0 Å². The molecule has 2 rings (SSSR count). The van der Waals surface area contributed by atoms with Gasteiger partial charge in [-0.05, 0) is 46.9 Å². The van der Waals surface area contributed by atoms with E-state index in [0.717, 1.165) is 0 Å². The number of carboxylic acids is 1. The first-order valence-corrected chi connectivity index (χ1v) is 6.50. The summed E-state index contributed by atoms with van der Waals surface area (Å²) in [4.78, 5) is 21.1. The zero-order valence-corrected chi connectivity index (χ0v) is 12.1. The summed E-state index contributed by atoms with van der Waals surface area (Å²) in [6.45, 7) is 0. The van der Waals surface area contributed by atoms with Gasteiger partial charge in [0.05, 0.1) is 20.1 Å². The highest BCUT2D eigenvalue weighted by atomic mass is 127. The molecule has 0 saturated heterocycles. The van der Waals surface area contributed by atoms with Crippen LogP contribution in [0.4, 0.5) is 5.69 Å². The summed E-state index contributed by atoms with van der Waals surface area (Å²) < 4.78 is 6.22. The molecule has 0 amide bonds. The molecule has 7 heteroatoms. The monoisotopic (exact) mass is 385 g/mol. The Morgan fingerprint density at radius 2 is 2.00 bits per heavy atom. The van der Waals surface area contributed by atoms with Crippen LogP contribution >= 0.6 is 22.6 Å². The molecular weight excluding hydrogens is 377 g/mol. The van der Waals surface area contributed by atoms with Crippen molar-refractivity contribution in [1.29, 1.82) is 0 Å². The van der Waals surface area contributed by atoms with Crippen molar-refractivity contribution in [1.82, 2.24) is 0 Å². The molecule has 102 valence electrons. The van der Waals surface area contributed by atoms with Gasteiger partial charge in [0, 0.05) is 6.07 Å². The smallest absolute Gasteiger partial charge is 0.335 e. The third kappa shape index (κ3) is 3.23. The quantitative estimate of drug-likeness (QED) is 0.493. The maximum Gasteiger partial charge on any atom is 0.335 e. The predicted octanol–water partition coefficient (Wildman–Crippen LogP) is 3.69. The van der Waals surface area contributed by atoms with Crippen LogP contribution in [0.5, 0.6) is 11.5 Å². The van der Waals surface area contributed by atoms with Crippen LogP contribution < -0.4 is 4.74 Å². The molecule has 0 radical (unpaired) electrons. The second-order valence-corrected chi connectivity index (χ2v) is 4.97. The molecule has 2 aromatic rings. The Morgan fingerprint density at radius 1 is 1.25 bits per heavy atom. The molecule has 0 saturated carbocycles. The number of aromatic carboxylic acids is 1. The zero-order valence-electron chi connectivity index (χ0n) is 9.95. The zero-order chi connectivity index (χ0) is 14.7. The van der Waals surface area contributed by atoms with Gasteiger partial charge in [0.2, 0.25) is 0 Å². The van der Waals surface area contributed by atoms with Gasteiger partial charge in [0.25, 0.3) is 5.69 Å². The lowest BCUT2D eigenvalue weighted by molar-refractivity contribution is -0.384. The highest BCUT2D eigenvalue weighted by Crippen LogP contribution is 2.29. The van der Waals surface area contributed by atoms with E-state index in [2.05, 4.69) is 0 Å². The lowest BCUT2D eigenvalue weighted by atomic mass is 10.2. The Kier molecular flexibility index (Phi) is 4.18. The summed E-state index contributed by atoms with van der Waals surface area (Å²) in [6.07, 6.45) is 0. The third-order valence-corrected chi connectivity index (χ3v) is 3.33. The van der Waals surface area contributed by atoms with E-state index in [9.17, 15) is 14.9 Å². The lowest BCUT2D eigenvalue weighted by Gasteiger charge is -2.08. The molecule has 0 aliphatic carbocycles. The summed E-state index contributed by atoms with van der Waals surface area (Å²) >= 11 is 2.00. The van der Waals surface area contributed by atoms with E-state index in [-0.39, 0.29) is 17.0 Å². The molecule has 2 aromatic carbocycles. The maximum atomic E-state index is 10.9. The molecule has 0 heterocycles. The van der Waals surface area contributed by atoms with Gasteiger partial charge in [0.15, 0.2) is 0 Å². The fraction of sp³-hybridized carbons (Fsp3) is 0. The summed E-state index contributed by atoms with van der Waals surface area (Å²) in [6, 6.07) is 10.1. The number of nitro benzene ring substituents is 1. The molecule has 1 N–H and O–H groups in total. The Hall–Kier alpha value is -2.16. The maximum absolute atomic E-state index is 10.9. The van der Waals surface area contributed by atoms with Crippen molar-refractivity contribution in [2.75, 3.05) is 0 Å². The number of hydrogen-bond donors (Lipinski definition) is 1. The molecule has 0 unspecified atom stereocenters. The molecule has 6 nitrogen and oxygen atoms in total. The van der Waals surface area contributed by atoms with Crippen LogP contribution in [0.2, 0.25) is 0 Å². The summed E-state index contributed by atoms with van der Waals surface area (Å²) in [5, 5.41) is 19.6. The average Bonchev–Trinajstić information content (AvgIpc) is 2.41. The van der Waals surface area contributed by atoms with Crippen LogP contribution in [0.3, 0.4) is 0 Å². The number of ether oxygens (including phenoxy) is 1. The molecule has 0 aromatic heterocycles. The van der Waals surface area contributed by atoms with E-state index >= 15 is 0 Å². The minimum Gasteiger partial charge on any atom is -0.478 e. The Balaban J connectivity index is 2.34. The van der Waals surface area contributed by atoms with E-state index in [0.29, 0.717) is 9.32 Å². The molecule has 20 heavy (non-hydrogen) atoms. The van der Waals surface area contributed by atoms with Crippen molar-refractivity contribution in [3.8, 4) is 11.5 Å². The number of hydrogen-bond acceptors (Lipinski definition) is 4. The lowest BCUT2D eigenvalue weighted by Crippen LogP contribution is -1.98. The normalized spacial score (nSPS) is 10.1. The van der Waals surface area contributed by atoms with Gasteiger partial charge >= 0.3 is 5.97 Å². The second kappa shape index (κ2) is 5.87. The third-order valence-electron chi connectivity index (χ3n) is 2.43. The van der Waals surface area contributed by atoms with Crippen LogP contribution in [-0.2, 0) is 0 Å². The highest BCUT2D eigenvalue weighted by molar-refractivity contribution is 14.1. The van der Waals surface area contributed by atoms with Gasteiger partial charge in [0.1, 0.15) is 11.5 Å². The van der Waals surface area contributed by atoms with Crippen LogP contribution in [-0.4, -0.2) is 16.0 Å². The van der Waals surface area contributed by atoms with Gasteiger partial charge in [-0.3, -0.25) is 10.1 Å². The molecule has 0 aliphatic rings. The minimum absolute atomic E-state index is 0.0887. The van der Waals surface area contributed by atoms with Crippen molar-refractivity contribution in [3.05, 3.63) is 61.7 Å². The predicted molar refractivity (Wildman–Crippen MR) is 79.3 cm³/mol. The van der Waals surface area contributed by atoms with Gasteiger partial charge in [-0.1, -0.05) is 6.07 Å². The first kappa shape index (κ1) is 14.3. The van der Waals surface area contributed by atoms with Crippen molar-refractivity contribution in [2.45, 2.75) is 0 Å². The van der Waals surface area contributed by atoms with Crippen molar-refractivity contribution >= 4 is 34.2 Å². The first-order chi connectivity index (χ1) is 9.47. The number of benzene rings is 2. The largest absolute Gasteiger partial charge is 0.478 e. The van der Waals surface area contributed by atoms with Crippen molar-refractivity contribution < 1.29 is 19.6 Å². The van der Waals surface area contributed by atoms with Gasteiger partial charge in [-0.25, -0.2) is 4.79 Å². The summed E-state index contributed by atoms with van der Waals surface area (Å²) in [5.74, 6) is -0.448. The van der Waals surface area contributed by atoms with Gasteiger partial charge in [-0.2, -0.15) is 0 Å². The minimum atomic E-state index is -1.06. The fourth-order valence-electron chi connectivity index (χ4n) is 1.50. The van der Waals surface area contributed by atoms with Crippen LogP contribution in [0.15, 0.2) is 42.5 Å². The molecule has 0 fully saturated rings. The number of nitro groups is 1. The summed E-state index contributed by atoms with van der Waals surface area (Å²) in [5.41, 5.74) is -0.00209. The molecule has 0 aliphatic heterocycles. The number of non-ortho nitro benzene ring substituents is 1. The van der Waals surface area contributed by atoms with E-state index in [1.54, 1.807) is 12.1 Å². The topological polar surface area (TPSA) is 89.7 Å². The molecule has 0 spiro atoms. The second-order valence-electron chi connectivity index (χ2n) is 3.81. The summed E-state index contributed by atoms with van der Waals surface area (Å²) in [7, 11) is 0. The fourth-order valence-corrected chi connectivity index (χ4v) is 1.95. The highest BCUT2D eigenvalue weighted by Gasteiger charge is 2.11. The van der Waals surface area contributed by atoms with Crippen LogP contribution in [0.25, 0.3) is 0 Å². The van der Waals surface area contributed by atoms with Gasteiger partial charge < -0.3 is 9.84 Å². The Labute approximate surface area is 127 Å².